The van der Waals surface area contributed by atoms with Crippen molar-refractivity contribution in [2.24, 2.45) is 0 Å². The fraction of sp³-hybridized carbons (Fsp3) is 0.345. The van der Waals surface area contributed by atoms with E-state index in [0.29, 0.717) is 24.1 Å². The summed E-state index contributed by atoms with van der Waals surface area (Å²) in [5.74, 6) is 0.0135. The van der Waals surface area contributed by atoms with Gasteiger partial charge >= 0.3 is 6.09 Å². The van der Waals surface area contributed by atoms with Gasteiger partial charge in [-0.25, -0.2) is 4.79 Å². The molecule has 0 saturated carbocycles. The van der Waals surface area contributed by atoms with Crippen molar-refractivity contribution in [3.05, 3.63) is 89.2 Å². The lowest BCUT2D eigenvalue weighted by Crippen LogP contribution is -2.59. The fourth-order valence-electron chi connectivity index (χ4n) is 6.46. The first-order chi connectivity index (χ1) is 17.1. The summed E-state index contributed by atoms with van der Waals surface area (Å²) >= 11 is 0. The van der Waals surface area contributed by atoms with Crippen LogP contribution in [0, 0.1) is 11.3 Å². The molecule has 176 valence electrons. The first-order valence-electron chi connectivity index (χ1n) is 12.3. The van der Waals surface area contributed by atoms with Crippen LogP contribution in [0.2, 0.25) is 0 Å². The number of rotatable bonds is 3. The Balaban J connectivity index is 1.22. The number of benzene rings is 2. The third kappa shape index (κ3) is 3.59. The Morgan fingerprint density at radius 3 is 2.29 bits per heavy atom. The average molecular weight is 466 g/mol. The smallest absolute Gasteiger partial charge is 0.410 e. The Morgan fingerprint density at radius 2 is 1.66 bits per heavy atom. The number of aliphatic hydroxyl groups is 1. The Labute approximate surface area is 204 Å². The molecule has 6 rings (SSSR count). The monoisotopic (exact) mass is 465 g/mol. The topological polar surface area (TPSA) is 86.5 Å². The van der Waals surface area contributed by atoms with Gasteiger partial charge < -0.3 is 14.7 Å². The molecule has 0 radical (unpaired) electrons. The Kier molecular flexibility index (Phi) is 5.31. The first kappa shape index (κ1) is 21.8. The molecule has 2 saturated heterocycles. The van der Waals surface area contributed by atoms with Crippen molar-refractivity contribution in [2.45, 2.75) is 55.7 Å². The van der Waals surface area contributed by atoms with Gasteiger partial charge in [0.2, 0.25) is 0 Å². The molecule has 3 heterocycles. The SMILES string of the molecule is N#Cc1cccnc1C1(O)CC2CCCC(C1)N2C(=O)OCC1c2ccccc2-c2ccccc21. The lowest BCUT2D eigenvalue weighted by atomic mass is 9.73. The molecule has 2 unspecified atom stereocenters. The highest BCUT2D eigenvalue weighted by Gasteiger charge is 2.50. The highest BCUT2D eigenvalue weighted by molar-refractivity contribution is 5.79. The quantitative estimate of drug-likeness (QED) is 0.581. The van der Waals surface area contributed by atoms with E-state index < -0.39 is 5.60 Å². The molecular formula is C29H27N3O3. The maximum absolute atomic E-state index is 13.4. The zero-order valence-corrected chi connectivity index (χ0v) is 19.4. The predicted molar refractivity (Wildman–Crippen MR) is 130 cm³/mol. The summed E-state index contributed by atoms with van der Waals surface area (Å²) in [6, 6.07) is 21.9. The van der Waals surface area contributed by atoms with Crippen LogP contribution in [0.15, 0.2) is 66.9 Å². The molecule has 1 aliphatic carbocycles. The molecular weight excluding hydrogens is 438 g/mol. The number of pyridine rings is 1. The summed E-state index contributed by atoms with van der Waals surface area (Å²) in [5.41, 5.74) is 4.37. The number of nitriles is 1. The van der Waals surface area contributed by atoms with Gasteiger partial charge in [0.1, 0.15) is 18.3 Å². The van der Waals surface area contributed by atoms with Crippen LogP contribution in [0.5, 0.6) is 0 Å². The second kappa shape index (κ2) is 8.51. The molecule has 2 aliphatic heterocycles. The maximum atomic E-state index is 13.4. The second-order valence-corrected chi connectivity index (χ2v) is 9.90. The number of piperidine rings is 2. The molecule has 2 fully saturated rings. The lowest BCUT2D eigenvalue weighted by molar-refractivity contribution is -0.0914. The number of carbonyl (C=O) groups excluding carboxylic acids is 1. The highest BCUT2D eigenvalue weighted by atomic mass is 16.6. The summed E-state index contributed by atoms with van der Waals surface area (Å²) in [7, 11) is 0. The van der Waals surface area contributed by atoms with Crippen molar-refractivity contribution in [2.75, 3.05) is 6.61 Å². The zero-order valence-electron chi connectivity index (χ0n) is 19.4. The van der Waals surface area contributed by atoms with Crippen molar-refractivity contribution in [3.63, 3.8) is 0 Å². The Bertz CT molecular complexity index is 1270. The van der Waals surface area contributed by atoms with Gasteiger partial charge in [0.15, 0.2) is 0 Å². The number of fused-ring (bicyclic) bond motifs is 5. The molecule has 1 N–H and O–H groups in total. The number of hydrogen-bond acceptors (Lipinski definition) is 5. The number of hydrogen-bond donors (Lipinski definition) is 1. The summed E-state index contributed by atoms with van der Waals surface area (Å²) in [5, 5.41) is 21.1. The van der Waals surface area contributed by atoms with Crippen LogP contribution in [0.3, 0.4) is 0 Å². The number of nitrogens with zero attached hydrogens (tertiary/aromatic N) is 3. The predicted octanol–water partition coefficient (Wildman–Crippen LogP) is 5.11. The molecule has 0 spiro atoms. The largest absolute Gasteiger partial charge is 0.448 e. The van der Waals surface area contributed by atoms with Gasteiger partial charge in [0.05, 0.1) is 11.3 Å². The summed E-state index contributed by atoms with van der Waals surface area (Å²) in [4.78, 5) is 19.6. The number of carbonyl (C=O) groups is 1. The minimum atomic E-state index is -1.22. The van der Waals surface area contributed by atoms with Gasteiger partial charge in [-0.1, -0.05) is 48.5 Å². The van der Waals surface area contributed by atoms with E-state index in [2.05, 4.69) is 35.3 Å². The zero-order chi connectivity index (χ0) is 24.0. The van der Waals surface area contributed by atoms with E-state index in [1.807, 2.05) is 29.2 Å². The summed E-state index contributed by atoms with van der Waals surface area (Å²) in [6.45, 7) is 0.284. The minimum Gasteiger partial charge on any atom is -0.448 e. The van der Waals surface area contributed by atoms with Crippen molar-refractivity contribution >= 4 is 6.09 Å². The van der Waals surface area contributed by atoms with E-state index >= 15 is 0 Å². The molecule has 6 heteroatoms. The van der Waals surface area contributed by atoms with Gasteiger partial charge in [0.25, 0.3) is 0 Å². The van der Waals surface area contributed by atoms with E-state index in [0.717, 1.165) is 19.3 Å². The molecule has 3 aromatic rings. The average Bonchev–Trinajstić information content (AvgIpc) is 3.20. The van der Waals surface area contributed by atoms with Gasteiger partial charge in [-0.15, -0.1) is 0 Å². The van der Waals surface area contributed by atoms with Crippen LogP contribution < -0.4 is 0 Å². The number of ether oxygens (including phenoxy) is 1. The van der Waals surface area contributed by atoms with Gasteiger partial charge in [0, 0.05) is 37.0 Å². The van der Waals surface area contributed by atoms with E-state index in [-0.39, 0.29) is 30.7 Å². The molecule has 2 atom stereocenters. The van der Waals surface area contributed by atoms with Crippen LogP contribution in [-0.2, 0) is 10.3 Å². The Hall–Kier alpha value is -3.69. The van der Waals surface area contributed by atoms with Gasteiger partial charge in [-0.2, -0.15) is 5.26 Å². The van der Waals surface area contributed by atoms with Crippen LogP contribution in [0.4, 0.5) is 4.79 Å². The molecule has 3 aliphatic rings. The van der Waals surface area contributed by atoms with Gasteiger partial charge in [-0.3, -0.25) is 4.98 Å². The van der Waals surface area contributed by atoms with Crippen LogP contribution >= 0.6 is 0 Å². The van der Waals surface area contributed by atoms with Gasteiger partial charge in [-0.05, 0) is 53.6 Å². The highest BCUT2D eigenvalue weighted by Crippen LogP contribution is 2.46. The maximum Gasteiger partial charge on any atom is 0.410 e. The van der Waals surface area contributed by atoms with E-state index in [4.69, 9.17) is 4.74 Å². The van der Waals surface area contributed by atoms with Crippen molar-refractivity contribution in [1.82, 2.24) is 9.88 Å². The minimum absolute atomic E-state index is 0.0135. The third-order valence-corrected chi connectivity index (χ3v) is 7.92. The van der Waals surface area contributed by atoms with E-state index in [1.165, 1.54) is 22.3 Å². The van der Waals surface area contributed by atoms with Crippen molar-refractivity contribution in [1.29, 1.82) is 5.26 Å². The second-order valence-electron chi connectivity index (χ2n) is 9.90. The lowest BCUT2D eigenvalue weighted by Gasteiger charge is -2.51. The molecule has 35 heavy (non-hydrogen) atoms. The third-order valence-electron chi connectivity index (χ3n) is 7.92. The van der Waals surface area contributed by atoms with Crippen molar-refractivity contribution in [3.8, 4) is 17.2 Å². The normalized spacial score (nSPS) is 24.9. The fourth-order valence-corrected chi connectivity index (χ4v) is 6.46. The molecule has 2 aromatic carbocycles. The molecule has 2 bridgehead atoms. The summed E-state index contributed by atoms with van der Waals surface area (Å²) in [6.07, 6.45) is 4.63. The number of aromatic nitrogens is 1. The molecule has 1 aromatic heterocycles. The molecule has 6 nitrogen and oxygen atoms in total. The number of amides is 1. The standard InChI is InChI=1S/C29H27N3O3/c30-17-19-7-6-14-31-27(19)29(34)15-20-8-5-9-21(16-29)32(20)28(33)35-18-26-24-12-3-1-10-22(24)23-11-2-4-13-25(23)26/h1-4,6-7,10-14,20-21,26,34H,5,8-9,15-16,18H2. The summed E-state index contributed by atoms with van der Waals surface area (Å²) < 4.78 is 5.97. The van der Waals surface area contributed by atoms with Crippen LogP contribution in [-0.4, -0.2) is 39.8 Å². The van der Waals surface area contributed by atoms with Crippen molar-refractivity contribution < 1.29 is 14.6 Å². The first-order valence-corrected chi connectivity index (χ1v) is 12.3. The van der Waals surface area contributed by atoms with E-state index in [1.54, 1.807) is 18.3 Å². The Morgan fingerprint density at radius 1 is 1.03 bits per heavy atom. The van der Waals surface area contributed by atoms with E-state index in [9.17, 15) is 15.2 Å². The van der Waals surface area contributed by atoms with Crippen LogP contribution in [0.25, 0.3) is 11.1 Å². The van der Waals surface area contributed by atoms with Crippen LogP contribution in [0.1, 0.15) is 60.4 Å². The molecule has 1 amide bonds.